The van der Waals surface area contributed by atoms with Gasteiger partial charge < -0.3 is 14.4 Å². The van der Waals surface area contributed by atoms with Crippen molar-refractivity contribution in [3.8, 4) is 5.75 Å². The number of aryl methyl sites for hydroxylation is 2. The van der Waals surface area contributed by atoms with Crippen molar-refractivity contribution in [2.45, 2.75) is 38.0 Å². The van der Waals surface area contributed by atoms with E-state index in [1.807, 2.05) is 0 Å². The van der Waals surface area contributed by atoms with Gasteiger partial charge in [0.25, 0.3) is 0 Å². The Kier molecular flexibility index (Phi) is 5.72. The fourth-order valence-electron chi connectivity index (χ4n) is 4.45. The van der Waals surface area contributed by atoms with Gasteiger partial charge in [0.05, 0.1) is 5.02 Å². The molecule has 0 N–H and O–H groups in total. The zero-order valence-corrected chi connectivity index (χ0v) is 17.0. The Morgan fingerprint density at radius 3 is 2.67 bits per heavy atom. The van der Waals surface area contributed by atoms with Crippen LogP contribution in [-0.4, -0.2) is 38.9 Å². The molecule has 4 rings (SSSR count). The molecule has 144 valence electrons. The Morgan fingerprint density at radius 2 is 1.85 bits per heavy atom. The molecule has 1 aliphatic heterocycles. The Hall–Kier alpha value is -1.55. The van der Waals surface area contributed by atoms with Crippen LogP contribution in [0.5, 0.6) is 5.75 Å². The number of methoxy groups -OCH3 is 1. The van der Waals surface area contributed by atoms with E-state index in [2.05, 4.69) is 42.3 Å². The highest BCUT2D eigenvalue weighted by Crippen LogP contribution is 2.38. The number of likely N-dealkylation sites (N-methyl/N-ethyl adjacent to an activating group) is 1. The normalized spacial score (nSPS) is 19.9. The SMILES string of the molecule is COCOc1cc2c(cc1Cl)CCN(C)CC2c1ccc2c(c1)CCCC2. The van der Waals surface area contributed by atoms with Crippen molar-refractivity contribution in [3.05, 3.63) is 63.2 Å². The van der Waals surface area contributed by atoms with Crippen molar-refractivity contribution in [2.75, 3.05) is 34.0 Å². The molecule has 3 nitrogen and oxygen atoms in total. The Bertz CT molecular complexity index is 820. The molecule has 0 spiro atoms. The van der Waals surface area contributed by atoms with E-state index in [9.17, 15) is 0 Å². The Balaban J connectivity index is 1.76. The summed E-state index contributed by atoms with van der Waals surface area (Å²) in [5.74, 6) is 1.05. The second-order valence-electron chi connectivity index (χ2n) is 7.83. The highest BCUT2D eigenvalue weighted by Gasteiger charge is 2.25. The van der Waals surface area contributed by atoms with Crippen molar-refractivity contribution in [1.82, 2.24) is 4.90 Å². The quantitative estimate of drug-likeness (QED) is 0.704. The zero-order chi connectivity index (χ0) is 18.8. The van der Waals surface area contributed by atoms with Crippen molar-refractivity contribution in [1.29, 1.82) is 0 Å². The maximum Gasteiger partial charge on any atom is 0.188 e. The minimum absolute atomic E-state index is 0.210. The predicted molar refractivity (Wildman–Crippen MR) is 110 cm³/mol. The summed E-state index contributed by atoms with van der Waals surface area (Å²) in [7, 11) is 3.84. The van der Waals surface area contributed by atoms with Crippen molar-refractivity contribution >= 4 is 11.6 Å². The lowest BCUT2D eigenvalue weighted by Gasteiger charge is -2.25. The molecule has 0 saturated carbocycles. The number of fused-ring (bicyclic) bond motifs is 2. The number of halogens is 1. The average Bonchev–Trinajstić information content (AvgIpc) is 2.84. The van der Waals surface area contributed by atoms with E-state index in [-0.39, 0.29) is 6.79 Å². The monoisotopic (exact) mass is 385 g/mol. The molecular weight excluding hydrogens is 358 g/mol. The Labute approximate surface area is 167 Å². The zero-order valence-electron chi connectivity index (χ0n) is 16.3. The van der Waals surface area contributed by atoms with Gasteiger partial charge >= 0.3 is 0 Å². The number of hydrogen-bond donors (Lipinski definition) is 0. The van der Waals surface area contributed by atoms with Gasteiger partial charge in [-0.05, 0) is 79.1 Å². The van der Waals surface area contributed by atoms with Gasteiger partial charge in [-0.3, -0.25) is 0 Å². The van der Waals surface area contributed by atoms with Gasteiger partial charge in [0, 0.05) is 26.1 Å². The van der Waals surface area contributed by atoms with Crippen molar-refractivity contribution in [2.24, 2.45) is 0 Å². The standard InChI is InChI=1S/C23H28ClNO2/c1-25-10-9-19-12-22(24)23(27-15-26-2)13-20(19)21(14-25)18-8-7-16-5-3-4-6-17(16)11-18/h7-8,11-13,21H,3-6,9-10,14-15H2,1-2H3. The van der Waals surface area contributed by atoms with Gasteiger partial charge in [0.1, 0.15) is 5.75 Å². The Morgan fingerprint density at radius 1 is 1.04 bits per heavy atom. The van der Waals surface area contributed by atoms with Gasteiger partial charge in [-0.1, -0.05) is 29.8 Å². The van der Waals surface area contributed by atoms with E-state index in [4.69, 9.17) is 21.1 Å². The molecule has 1 heterocycles. The van der Waals surface area contributed by atoms with E-state index >= 15 is 0 Å². The first kappa shape index (κ1) is 18.8. The molecule has 1 unspecified atom stereocenters. The summed E-state index contributed by atoms with van der Waals surface area (Å²) >= 11 is 6.48. The summed E-state index contributed by atoms with van der Waals surface area (Å²) in [5, 5.41) is 0.666. The van der Waals surface area contributed by atoms with Gasteiger partial charge in [-0.25, -0.2) is 0 Å². The number of ether oxygens (including phenoxy) is 2. The number of rotatable bonds is 4. The van der Waals surface area contributed by atoms with Crippen LogP contribution in [0.4, 0.5) is 0 Å². The van der Waals surface area contributed by atoms with Crippen LogP contribution in [0, 0.1) is 0 Å². The van der Waals surface area contributed by atoms with Crippen LogP contribution in [0.3, 0.4) is 0 Å². The maximum absolute atomic E-state index is 6.48. The first-order chi connectivity index (χ1) is 13.2. The lowest BCUT2D eigenvalue weighted by atomic mass is 9.83. The molecule has 0 radical (unpaired) electrons. The topological polar surface area (TPSA) is 21.7 Å². The summed E-state index contributed by atoms with van der Waals surface area (Å²) in [5.41, 5.74) is 7.15. The highest BCUT2D eigenvalue weighted by atomic mass is 35.5. The third-order valence-corrected chi connectivity index (χ3v) is 6.23. The fourth-order valence-corrected chi connectivity index (χ4v) is 4.69. The summed E-state index contributed by atoms with van der Waals surface area (Å²) in [6, 6.07) is 11.4. The van der Waals surface area contributed by atoms with Crippen LogP contribution in [0.2, 0.25) is 5.02 Å². The molecular formula is C23H28ClNO2. The van der Waals surface area contributed by atoms with Crippen LogP contribution < -0.4 is 4.74 Å². The lowest BCUT2D eigenvalue weighted by molar-refractivity contribution is 0.0511. The van der Waals surface area contributed by atoms with E-state index < -0.39 is 0 Å². The van der Waals surface area contributed by atoms with Crippen LogP contribution in [-0.2, 0) is 24.0 Å². The third kappa shape index (κ3) is 4.01. The molecule has 0 bridgehead atoms. The maximum atomic E-state index is 6.48. The first-order valence-electron chi connectivity index (χ1n) is 9.90. The summed E-state index contributed by atoms with van der Waals surface area (Å²) in [6.07, 6.45) is 6.07. The molecule has 0 aromatic heterocycles. The lowest BCUT2D eigenvalue weighted by Crippen LogP contribution is -2.24. The molecule has 1 aliphatic carbocycles. The summed E-state index contributed by atoms with van der Waals surface area (Å²) in [4.78, 5) is 2.42. The summed E-state index contributed by atoms with van der Waals surface area (Å²) in [6.45, 7) is 2.27. The largest absolute Gasteiger partial charge is 0.466 e. The van der Waals surface area contributed by atoms with Crippen LogP contribution in [0.25, 0.3) is 0 Å². The van der Waals surface area contributed by atoms with Crippen LogP contribution >= 0.6 is 11.6 Å². The van der Waals surface area contributed by atoms with Gasteiger partial charge in [-0.15, -0.1) is 0 Å². The molecule has 4 heteroatoms. The van der Waals surface area contributed by atoms with Gasteiger partial charge in [-0.2, -0.15) is 0 Å². The van der Waals surface area contributed by atoms with Gasteiger partial charge in [0.15, 0.2) is 6.79 Å². The molecule has 1 atom stereocenters. The smallest absolute Gasteiger partial charge is 0.188 e. The second-order valence-corrected chi connectivity index (χ2v) is 8.24. The predicted octanol–water partition coefficient (Wildman–Crippen LogP) is 4.82. The molecule has 0 saturated heterocycles. The molecule has 0 fully saturated rings. The minimum Gasteiger partial charge on any atom is -0.466 e. The molecule has 27 heavy (non-hydrogen) atoms. The van der Waals surface area contributed by atoms with Gasteiger partial charge in [0.2, 0.25) is 0 Å². The third-order valence-electron chi connectivity index (χ3n) is 5.93. The van der Waals surface area contributed by atoms with Crippen LogP contribution in [0.15, 0.2) is 30.3 Å². The molecule has 2 aliphatic rings. The number of benzene rings is 2. The van der Waals surface area contributed by atoms with Crippen molar-refractivity contribution in [3.63, 3.8) is 0 Å². The highest BCUT2D eigenvalue weighted by molar-refractivity contribution is 6.32. The number of hydrogen-bond acceptors (Lipinski definition) is 3. The van der Waals surface area contributed by atoms with E-state index in [0.717, 1.165) is 19.5 Å². The van der Waals surface area contributed by atoms with E-state index in [1.54, 1.807) is 7.11 Å². The fraction of sp³-hybridized carbons (Fsp3) is 0.478. The first-order valence-corrected chi connectivity index (χ1v) is 10.3. The second kappa shape index (κ2) is 8.22. The van der Waals surface area contributed by atoms with Crippen molar-refractivity contribution < 1.29 is 9.47 Å². The van der Waals surface area contributed by atoms with Crippen LogP contribution in [0.1, 0.15) is 46.6 Å². The summed E-state index contributed by atoms with van der Waals surface area (Å²) < 4.78 is 10.8. The average molecular weight is 386 g/mol. The number of nitrogens with zero attached hydrogens (tertiary/aromatic N) is 1. The molecule has 2 aromatic rings. The van der Waals surface area contributed by atoms with E-state index in [0.29, 0.717) is 16.7 Å². The molecule has 2 aromatic carbocycles. The minimum atomic E-state index is 0.210. The molecule has 0 amide bonds. The van der Waals surface area contributed by atoms with E-state index in [1.165, 1.54) is 53.5 Å².